The summed E-state index contributed by atoms with van der Waals surface area (Å²) >= 11 is 0. The second-order valence-electron chi connectivity index (χ2n) is 9.25. The molecule has 0 bridgehead atoms. The molecular formula is C28H36N4O. The lowest BCUT2D eigenvalue weighted by molar-refractivity contribution is -0.136. The Bertz CT molecular complexity index is 1100. The van der Waals surface area contributed by atoms with Crippen molar-refractivity contribution < 1.29 is 4.79 Å². The van der Waals surface area contributed by atoms with Crippen LogP contribution in [0.5, 0.6) is 0 Å². The summed E-state index contributed by atoms with van der Waals surface area (Å²) in [6.45, 7) is 11.6. The van der Waals surface area contributed by atoms with Crippen LogP contribution < -0.4 is 4.90 Å². The van der Waals surface area contributed by atoms with Crippen LogP contribution in [0.15, 0.2) is 42.5 Å². The van der Waals surface area contributed by atoms with Gasteiger partial charge in [-0.2, -0.15) is 0 Å². The van der Waals surface area contributed by atoms with E-state index in [1.54, 1.807) is 0 Å². The number of carbonyl (C=O) groups excluding carboxylic acids is 1. The van der Waals surface area contributed by atoms with Crippen LogP contribution >= 0.6 is 0 Å². The molecule has 1 unspecified atom stereocenters. The van der Waals surface area contributed by atoms with Gasteiger partial charge in [-0.25, -0.2) is 9.97 Å². The Balaban J connectivity index is 1.61. The third-order valence-electron chi connectivity index (χ3n) is 6.95. The number of amides is 1. The van der Waals surface area contributed by atoms with Gasteiger partial charge in [0.1, 0.15) is 5.69 Å². The average molecular weight is 445 g/mol. The molecule has 2 heterocycles. The predicted molar refractivity (Wildman–Crippen MR) is 137 cm³/mol. The molecule has 5 nitrogen and oxygen atoms in total. The first-order valence-electron chi connectivity index (χ1n) is 12.4. The molecule has 1 atom stereocenters. The monoisotopic (exact) mass is 444 g/mol. The van der Waals surface area contributed by atoms with Gasteiger partial charge in [-0.05, 0) is 49.9 Å². The van der Waals surface area contributed by atoms with Crippen LogP contribution in [0.2, 0.25) is 0 Å². The predicted octanol–water partition coefficient (Wildman–Crippen LogP) is 5.78. The van der Waals surface area contributed by atoms with E-state index in [1.807, 2.05) is 18.2 Å². The van der Waals surface area contributed by atoms with Gasteiger partial charge in [0.2, 0.25) is 5.91 Å². The fourth-order valence-electron chi connectivity index (χ4n) is 4.66. The normalized spacial score (nSPS) is 15.2. The highest BCUT2D eigenvalue weighted by Gasteiger charge is 2.28. The number of aryl methyl sites for hydroxylation is 2. The van der Waals surface area contributed by atoms with E-state index in [2.05, 4.69) is 61.8 Å². The Labute approximate surface area is 197 Å². The van der Waals surface area contributed by atoms with Crippen molar-refractivity contribution in [2.45, 2.75) is 53.4 Å². The molecule has 2 aromatic carbocycles. The summed E-state index contributed by atoms with van der Waals surface area (Å²) in [6, 6.07) is 14.6. The van der Waals surface area contributed by atoms with Crippen molar-refractivity contribution in [3.8, 4) is 11.3 Å². The highest BCUT2D eigenvalue weighted by Crippen LogP contribution is 2.31. The molecule has 33 heavy (non-hydrogen) atoms. The van der Waals surface area contributed by atoms with Crippen molar-refractivity contribution in [1.29, 1.82) is 0 Å². The first-order valence-corrected chi connectivity index (χ1v) is 12.4. The molecule has 0 N–H and O–H groups in total. The standard InChI is InChI=1S/C28H36N4O/c1-5-7-11-22(6-2)28(33)32-16-14-31(15-17-32)27-26(23-12-9-8-10-13-23)29-24-18-20(3)21(4)19-25(24)30-27/h8-10,12-13,18-19,22H,5-7,11,14-17H2,1-4H3. The summed E-state index contributed by atoms with van der Waals surface area (Å²) in [4.78, 5) is 27.6. The molecule has 3 aromatic rings. The van der Waals surface area contributed by atoms with E-state index in [9.17, 15) is 4.79 Å². The maximum atomic E-state index is 13.1. The molecule has 4 rings (SSSR count). The summed E-state index contributed by atoms with van der Waals surface area (Å²) in [5.74, 6) is 1.40. The van der Waals surface area contributed by atoms with Gasteiger partial charge in [0.15, 0.2) is 5.82 Å². The zero-order chi connectivity index (χ0) is 23.4. The van der Waals surface area contributed by atoms with Crippen LogP contribution in [0, 0.1) is 19.8 Å². The van der Waals surface area contributed by atoms with E-state index < -0.39 is 0 Å². The Hall–Kier alpha value is -2.95. The van der Waals surface area contributed by atoms with Crippen molar-refractivity contribution in [3.63, 3.8) is 0 Å². The molecule has 1 aromatic heterocycles. The van der Waals surface area contributed by atoms with E-state index >= 15 is 0 Å². The zero-order valence-corrected chi connectivity index (χ0v) is 20.5. The van der Waals surface area contributed by atoms with Gasteiger partial charge in [0, 0.05) is 37.7 Å². The van der Waals surface area contributed by atoms with Gasteiger partial charge >= 0.3 is 0 Å². The Morgan fingerprint density at radius 1 is 0.939 bits per heavy atom. The third-order valence-corrected chi connectivity index (χ3v) is 6.95. The van der Waals surface area contributed by atoms with Crippen molar-refractivity contribution >= 4 is 22.8 Å². The maximum absolute atomic E-state index is 13.1. The summed E-state index contributed by atoms with van der Waals surface area (Å²) < 4.78 is 0. The van der Waals surface area contributed by atoms with E-state index in [0.29, 0.717) is 5.91 Å². The molecule has 1 fully saturated rings. The third kappa shape index (κ3) is 5.02. The van der Waals surface area contributed by atoms with Gasteiger partial charge in [-0.15, -0.1) is 0 Å². The molecule has 5 heteroatoms. The van der Waals surface area contributed by atoms with Gasteiger partial charge in [0.05, 0.1) is 11.0 Å². The number of rotatable bonds is 7. The van der Waals surface area contributed by atoms with E-state index in [4.69, 9.17) is 9.97 Å². The van der Waals surface area contributed by atoms with Crippen LogP contribution in [0.3, 0.4) is 0 Å². The molecule has 1 amide bonds. The highest BCUT2D eigenvalue weighted by molar-refractivity contribution is 5.85. The Morgan fingerprint density at radius 2 is 1.58 bits per heavy atom. The van der Waals surface area contributed by atoms with Gasteiger partial charge in [-0.3, -0.25) is 4.79 Å². The lowest BCUT2D eigenvalue weighted by atomic mass is 9.97. The molecule has 0 saturated carbocycles. The molecule has 1 aliphatic rings. The number of benzene rings is 2. The number of nitrogens with zero attached hydrogens (tertiary/aromatic N) is 4. The summed E-state index contributed by atoms with van der Waals surface area (Å²) in [5.41, 5.74) is 6.30. The Kier molecular flexibility index (Phi) is 7.26. The lowest BCUT2D eigenvalue weighted by Gasteiger charge is -2.37. The largest absolute Gasteiger partial charge is 0.351 e. The number of hydrogen-bond donors (Lipinski definition) is 0. The van der Waals surface area contributed by atoms with Gasteiger partial charge in [-0.1, -0.05) is 57.0 Å². The zero-order valence-electron chi connectivity index (χ0n) is 20.5. The minimum atomic E-state index is 0.156. The smallest absolute Gasteiger partial charge is 0.225 e. The van der Waals surface area contributed by atoms with Crippen molar-refractivity contribution in [2.24, 2.45) is 5.92 Å². The summed E-state index contributed by atoms with van der Waals surface area (Å²) in [6.07, 6.45) is 4.18. The Morgan fingerprint density at radius 3 is 2.18 bits per heavy atom. The first kappa shape index (κ1) is 23.2. The van der Waals surface area contributed by atoms with E-state index in [-0.39, 0.29) is 5.92 Å². The SMILES string of the molecule is CCCCC(CC)C(=O)N1CCN(c2nc3cc(C)c(C)cc3nc2-c2ccccc2)CC1. The maximum Gasteiger partial charge on any atom is 0.225 e. The van der Waals surface area contributed by atoms with Crippen molar-refractivity contribution in [3.05, 3.63) is 53.6 Å². The van der Waals surface area contributed by atoms with Crippen molar-refractivity contribution in [1.82, 2.24) is 14.9 Å². The quantitative estimate of drug-likeness (QED) is 0.464. The minimum absolute atomic E-state index is 0.156. The number of hydrogen-bond acceptors (Lipinski definition) is 4. The second kappa shape index (κ2) is 10.3. The number of unbranched alkanes of at least 4 members (excludes halogenated alkanes) is 1. The van der Waals surface area contributed by atoms with Crippen molar-refractivity contribution in [2.75, 3.05) is 31.1 Å². The topological polar surface area (TPSA) is 49.3 Å². The first-order chi connectivity index (χ1) is 16.0. The number of anilines is 1. The molecule has 1 saturated heterocycles. The van der Waals surface area contributed by atoms with Gasteiger partial charge < -0.3 is 9.80 Å². The number of aromatic nitrogens is 2. The number of piperazine rings is 1. The fraction of sp³-hybridized carbons (Fsp3) is 0.464. The molecular weight excluding hydrogens is 408 g/mol. The van der Waals surface area contributed by atoms with E-state index in [0.717, 1.165) is 80.0 Å². The number of fused-ring (bicyclic) bond motifs is 1. The molecule has 0 aliphatic carbocycles. The van der Waals surface area contributed by atoms with Crippen LogP contribution in [0.1, 0.15) is 50.7 Å². The average Bonchev–Trinajstić information content (AvgIpc) is 2.85. The van der Waals surface area contributed by atoms with Crippen LogP contribution in [-0.2, 0) is 4.79 Å². The van der Waals surface area contributed by atoms with Crippen LogP contribution in [0.4, 0.5) is 5.82 Å². The highest BCUT2D eigenvalue weighted by atomic mass is 16.2. The molecule has 174 valence electrons. The summed E-state index contributed by atoms with van der Waals surface area (Å²) in [5, 5.41) is 0. The van der Waals surface area contributed by atoms with Crippen LogP contribution in [-0.4, -0.2) is 47.0 Å². The fourth-order valence-corrected chi connectivity index (χ4v) is 4.66. The molecule has 0 radical (unpaired) electrons. The van der Waals surface area contributed by atoms with Crippen LogP contribution in [0.25, 0.3) is 22.3 Å². The molecule has 0 spiro atoms. The second-order valence-corrected chi connectivity index (χ2v) is 9.25. The van der Waals surface area contributed by atoms with E-state index in [1.165, 1.54) is 11.1 Å². The lowest BCUT2D eigenvalue weighted by Crippen LogP contribution is -2.50. The van der Waals surface area contributed by atoms with Gasteiger partial charge in [0.25, 0.3) is 0 Å². The number of carbonyl (C=O) groups is 1. The summed E-state index contributed by atoms with van der Waals surface area (Å²) in [7, 11) is 0. The minimum Gasteiger partial charge on any atom is -0.351 e. The molecule has 1 aliphatic heterocycles.